The van der Waals surface area contributed by atoms with Crippen LogP contribution in [0.1, 0.15) is 29.2 Å². The van der Waals surface area contributed by atoms with Crippen LogP contribution in [0.5, 0.6) is 0 Å². The average Bonchev–Trinajstić information content (AvgIpc) is 3.03. The number of nitrogens with one attached hydrogen (secondary N) is 2. The average molecular weight is 454 g/mol. The summed E-state index contributed by atoms with van der Waals surface area (Å²) in [5, 5.41) is 5.90. The molecule has 6 heteroatoms. The summed E-state index contributed by atoms with van der Waals surface area (Å²) in [6.45, 7) is 5.68. The maximum absolute atomic E-state index is 13.5. The molecule has 0 saturated carbocycles. The number of hydrogen-bond donors (Lipinski definition) is 2. The summed E-state index contributed by atoms with van der Waals surface area (Å²) in [5.74, 6) is -0.807. The molecule has 34 heavy (non-hydrogen) atoms. The second-order valence-electron chi connectivity index (χ2n) is 8.45. The Morgan fingerprint density at radius 1 is 0.853 bits per heavy atom. The van der Waals surface area contributed by atoms with Gasteiger partial charge < -0.3 is 10.6 Å². The summed E-state index contributed by atoms with van der Waals surface area (Å²) >= 11 is 0. The Morgan fingerprint density at radius 3 is 2.18 bits per heavy atom. The normalized spacial score (nSPS) is 13.4. The molecule has 1 aliphatic heterocycles. The number of benzene rings is 3. The number of imide groups is 1. The molecule has 0 spiro atoms. The second kappa shape index (κ2) is 9.75. The largest absolute Gasteiger partial charge is 0.350 e. The number of rotatable bonds is 7. The second-order valence-corrected chi connectivity index (χ2v) is 8.45. The minimum atomic E-state index is -0.346. The van der Waals surface area contributed by atoms with E-state index in [1.54, 1.807) is 24.3 Å². The van der Waals surface area contributed by atoms with E-state index in [1.807, 2.05) is 62.4 Å². The molecule has 4 rings (SSSR count). The molecule has 3 aromatic rings. The number of nitrogens with zero attached hydrogens (tertiary/aromatic N) is 1. The topological polar surface area (TPSA) is 78.5 Å². The molecule has 172 valence electrons. The minimum absolute atomic E-state index is 0.161. The van der Waals surface area contributed by atoms with Crippen LogP contribution in [0, 0.1) is 13.8 Å². The lowest BCUT2D eigenvalue weighted by Gasteiger charge is -2.15. The van der Waals surface area contributed by atoms with Gasteiger partial charge >= 0.3 is 0 Å². The first kappa shape index (κ1) is 23.0. The molecule has 0 saturated heterocycles. The van der Waals surface area contributed by atoms with Crippen LogP contribution in [0.2, 0.25) is 0 Å². The molecular weight excluding hydrogens is 426 g/mol. The molecule has 2 N–H and O–H groups in total. The molecule has 0 bridgehead atoms. The third-order valence-corrected chi connectivity index (χ3v) is 5.76. The Balaban J connectivity index is 1.67. The SMILES string of the molecule is CC(=O)Nc1ccc(NC2=C(c3ccc(C)cc3C)C(=O)N(CCc3ccccc3)C2=O)cc1. The van der Waals surface area contributed by atoms with Crippen molar-refractivity contribution in [2.24, 2.45) is 0 Å². The summed E-state index contributed by atoms with van der Waals surface area (Å²) in [4.78, 5) is 39.6. The highest BCUT2D eigenvalue weighted by molar-refractivity contribution is 6.36. The van der Waals surface area contributed by atoms with Crippen molar-refractivity contribution < 1.29 is 14.4 Å². The van der Waals surface area contributed by atoms with Gasteiger partial charge in [0.1, 0.15) is 5.70 Å². The van der Waals surface area contributed by atoms with Gasteiger partial charge in [-0.15, -0.1) is 0 Å². The van der Waals surface area contributed by atoms with Gasteiger partial charge in [-0.1, -0.05) is 54.1 Å². The van der Waals surface area contributed by atoms with Crippen molar-refractivity contribution >= 4 is 34.7 Å². The molecule has 0 atom stereocenters. The molecule has 1 heterocycles. The summed E-state index contributed by atoms with van der Waals surface area (Å²) in [7, 11) is 0. The zero-order chi connectivity index (χ0) is 24.2. The number of aryl methyl sites for hydroxylation is 2. The fourth-order valence-corrected chi connectivity index (χ4v) is 4.11. The Morgan fingerprint density at radius 2 is 1.53 bits per heavy atom. The third kappa shape index (κ3) is 4.91. The van der Waals surface area contributed by atoms with Gasteiger partial charge in [0.15, 0.2) is 0 Å². The van der Waals surface area contributed by atoms with Crippen molar-refractivity contribution in [3.63, 3.8) is 0 Å². The third-order valence-electron chi connectivity index (χ3n) is 5.76. The van der Waals surface area contributed by atoms with Gasteiger partial charge in [-0.05, 0) is 61.2 Å². The van der Waals surface area contributed by atoms with E-state index in [-0.39, 0.29) is 23.4 Å². The van der Waals surface area contributed by atoms with E-state index in [4.69, 9.17) is 0 Å². The summed E-state index contributed by atoms with van der Waals surface area (Å²) in [5.41, 5.74) is 5.76. The van der Waals surface area contributed by atoms with Crippen molar-refractivity contribution in [1.82, 2.24) is 4.90 Å². The van der Waals surface area contributed by atoms with E-state index in [2.05, 4.69) is 10.6 Å². The number of hydrogen-bond acceptors (Lipinski definition) is 4. The zero-order valence-corrected chi connectivity index (χ0v) is 19.5. The van der Waals surface area contributed by atoms with Gasteiger partial charge in [0.05, 0.1) is 5.57 Å². The van der Waals surface area contributed by atoms with E-state index in [1.165, 1.54) is 11.8 Å². The van der Waals surface area contributed by atoms with Gasteiger partial charge in [0.25, 0.3) is 11.8 Å². The van der Waals surface area contributed by atoms with Gasteiger partial charge in [-0.2, -0.15) is 0 Å². The molecule has 0 aliphatic carbocycles. The minimum Gasteiger partial charge on any atom is -0.350 e. The summed E-state index contributed by atoms with van der Waals surface area (Å²) in [6.07, 6.45) is 0.581. The fraction of sp³-hybridized carbons (Fsp3) is 0.179. The van der Waals surface area contributed by atoms with E-state index in [0.717, 1.165) is 22.3 Å². The highest BCUT2D eigenvalue weighted by Crippen LogP contribution is 2.33. The molecule has 0 unspecified atom stereocenters. The Kier molecular flexibility index (Phi) is 6.59. The maximum atomic E-state index is 13.5. The first-order valence-corrected chi connectivity index (χ1v) is 11.2. The Bertz CT molecular complexity index is 1280. The molecule has 1 aliphatic rings. The Hall–Kier alpha value is -4.19. The van der Waals surface area contributed by atoms with Crippen LogP contribution in [0.3, 0.4) is 0 Å². The number of anilines is 2. The van der Waals surface area contributed by atoms with Gasteiger partial charge in [0, 0.05) is 24.8 Å². The summed E-state index contributed by atoms with van der Waals surface area (Å²) in [6, 6.07) is 22.7. The highest BCUT2D eigenvalue weighted by atomic mass is 16.2. The monoisotopic (exact) mass is 453 g/mol. The molecule has 0 aromatic heterocycles. The summed E-state index contributed by atoms with van der Waals surface area (Å²) < 4.78 is 0. The van der Waals surface area contributed by atoms with E-state index in [9.17, 15) is 14.4 Å². The van der Waals surface area contributed by atoms with Gasteiger partial charge in [-0.25, -0.2) is 0 Å². The predicted molar refractivity (Wildman–Crippen MR) is 134 cm³/mol. The van der Waals surface area contributed by atoms with Gasteiger partial charge in [-0.3, -0.25) is 19.3 Å². The van der Waals surface area contributed by atoms with Crippen LogP contribution in [0.15, 0.2) is 78.5 Å². The predicted octanol–water partition coefficient (Wildman–Crippen LogP) is 4.70. The van der Waals surface area contributed by atoms with Crippen LogP contribution < -0.4 is 10.6 Å². The van der Waals surface area contributed by atoms with Crippen LogP contribution >= 0.6 is 0 Å². The van der Waals surface area contributed by atoms with Crippen LogP contribution in [-0.2, 0) is 20.8 Å². The number of carbonyl (C=O) groups is 3. The first-order valence-electron chi connectivity index (χ1n) is 11.2. The Labute approximate surface area is 199 Å². The molecule has 3 amide bonds. The lowest BCUT2D eigenvalue weighted by Crippen LogP contribution is -2.34. The van der Waals surface area contributed by atoms with Crippen molar-refractivity contribution in [2.45, 2.75) is 27.2 Å². The molecule has 0 fully saturated rings. The lowest BCUT2D eigenvalue weighted by atomic mass is 9.97. The zero-order valence-electron chi connectivity index (χ0n) is 19.5. The molecule has 0 radical (unpaired) electrons. The smallest absolute Gasteiger partial charge is 0.278 e. The van der Waals surface area contributed by atoms with Crippen molar-refractivity contribution in [1.29, 1.82) is 0 Å². The molecule has 3 aromatic carbocycles. The van der Waals surface area contributed by atoms with Crippen LogP contribution in [0.25, 0.3) is 5.57 Å². The van der Waals surface area contributed by atoms with Crippen molar-refractivity contribution in [3.8, 4) is 0 Å². The van der Waals surface area contributed by atoms with Gasteiger partial charge in [0.2, 0.25) is 5.91 Å². The standard InChI is InChI=1S/C28H27N3O3/c1-18-9-14-24(19(2)17-18)25-26(30-23-12-10-22(11-13-23)29-20(3)32)28(34)31(27(25)33)16-15-21-7-5-4-6-8-21/h4-14,17,30H,15-16H2,1-3H3,(H,29,32). The highest BCUT2D eigenvalue weighted by Gasteiger charge is 2.39. The maximum Gasteiger partial charge on any atom is 0.278 e. The van der Waals surface area contributed by atoms with Crippen molar-refractivity contribution in [2.75, 3.05) is 17.2 Å². The van der Waals surface area contributed by atoms with E-state index >= 15 is 0 Å². The van der Waals surface area contributed by atoms with E-state index in [0.29, 0.717) is 29.9 Å². The lowest BCUT2D eigenvalue weighted by molar-refractivity contribution is -0.136. The number of carbonyl (C=O) groups excluding carboxylic acids is 3. The van der Waals surface area contributed by atoms with Crippen LogP contribution in [0.4, 0.5) is 11.4 Å². The quantitative estimate of drug-likeness (QED) is 0.509. The number of amides is 3. The van der Waals surface area contributed by atoms with Crippen molar-refractivity contribution in [3.05, 3.63) is 101 Å². The molecular formula is C28H27N3O3. The van der Waals surface area contributed by atoms with Crippen LogP contribution in [-0.4, -0.2) is 29.2 Å². The first-order chi connectivity index (χ1) is 16.3. The van der Waals surface area contributed by atoms with E-state index < -0.39 is 0 Å². The fourth-order valence-electron chi connectivity index (χ4n) is 4.11. The molecule has 6 nitrogen and oxygen atoms in total.